The van der Waals surface area contributed by atoms with Crippen LogP contribution in [0.15, 0.2) is 83.1 Å². The highest BCUT2D eigenvalue weighted by Gasteiger charge is 2.76. The van der Waals surface area contributed by atoms with E-state index in [9.17, 15) is 0 Å². The zero-order chi connectivity index (χ0) is 18.7. The predicted octanol–water partition coefficient (Wildman–Crippen LogP) is 4.13. The Hall–Kier alpha value is -3.01. The highest BCUT2D eigenvalue weighted by molar-refractivity contribution is 6.10. The topological polar surface area (TPSA) is 30.9 Å². The van der Waals surface area contributed by atoms with Gasteiger partial charge in [-0.3, -0.25) is 0 Å². The Morgan fingerprint density at radius 1 is 1.00 bits per heavy atom. The molecular formula is C24H22N4. The molecule has 0 bridgehead atoms. The van der Waals surface area contributed by atoms with E-state index in [1.807, 2.05) is 12.4 Å². The number of rotatable bonds is 1. The standard InChI is InChI=1S/C24H22N4/c1-23-16-10-6-7-11-19(16)28-21-20(25-12-13-26-21)27(15-8-4-3-5-9-15)22(28)24(23,2)18-14-17(18)23/h3-13,20,22,25H,14H2,1-2H3. The summed E-state index contributed by atoms with van der Waals surface area (Å²) in [4.78, 5) is 9.93. The Bertz CT molecular complexity index is 1130. The third kappa shape index (κ3) is 1.37. The number of benzene rings is 2. The Morgan fingerprint density at radius 2 is 1.79 bits per heavy atom. The second-order valence-electron chi connectivity index (χ2n) is 8.84. The number of allylic oxidation sites excluding steroid dienone is 1. The van der Waals surface area contributed by atoms with Gasteiger partial charge in [0.25, 0.3) is 0 Å². The average molecular weight is 366 g/mol. The summed E-state index contributed by atoms with van der Waals surface area (Å²) in [5.74, 6) is 1.10. The van der Waals surface area contributed by atoms with E-state index in [2.05, 4.69) is 83.6 Å². The van der Waals surface area contributed by atoms with Crippen LogP contribution in [0, 0.1) is 5.41 Å². The van der Waals surface area contributed by atoms with Gasteiger partial charge in [-0.25, -0.2) is 4.99 Å². The normalized spacial score (nSPS) is 35.7. The molecule has 7 rings (SSSR count). The minimum absolute atomic E-state index is 0.0491. The SMILES string of the molecule is CC12C3=C(C3)C1(C)C1N(C3=NC=CNC3N1c1ccccc1)c1ccccc12. The molecule has 2 aliphatic carbocycles. The molecule has 0 amide bonds. The van der Waals surface area contributed by atoms with Crippen LogP contribution in [-0.2, 0) is 5.41 Å². The number of anilines is 2. The number of para-hydroxylation sites is 2. The Kier molecular flexibility index (Phi) is 2.42. The van der Waals surface area contributed by atoms with E-state index in [1.54, 1.807) is 11.1 Å². The molecule has 1 fully saturated rings. The van der Waals surface area contributed by atoms with Crippen molar-refractivity contribution >= 4 is 17.2 Å². The highest BCUT2D eigenvalue weighted by Crippen LogP contribution is 2.78. The maximum atomic E-state index is 4.87. The Balaban J connectivity index is 1.54. The molecule has 3 heterocycles. The fourth-order valence-corrected chi connectivity index (χ4v) is 6.49. The van der Waals surface area contributed by atoms with Gasteiger partial charge in [-0.15, -0.1) is 0 Å². The van der Waals surface area contributed by atoms with Crippen molar-refractivity contribution in [2.45, 2.75) is 38.0 Å². The van der Waals surface area contributed by atoms with Crippen LogP contribution in [0.4, 0.5) is 11.4 Å². The van der Waals surface area contributed by atoms with Gasteiger partial charge in [-0.05, 0) is 30.2 Å². The lowest BCUT2D eigenvalue weighted by atomic mass is 9.51. The first kappa shape index (κ1) is 15.0. The van der Waals surface area contributed by atoms with Crippen LogP contribution in [0.2, 0.25) is 0 Å². The average Bonchev–Trinajstić information content (AvgIpc) is 3.45. The molecule has 4 nitrogen and oxygen atoms in total. The number of hydrogen-bond acceptors (Lipinski definition) is 4. The summed E-state index contributed by atoms with van der Waals surface area (Å²) in [6.45, 7) is 4.95. The van der Waals surface area contributed by atoms with Gasteiger partial charge in [0.05, 0.1) is 0 Å². The zero-order valence-electron chi connectivity index (χ0n) is 16.1. The van der Waals surface area contributed by atoms with Crippen LogP contribution in [0.5, 0.6) is 0 Å². The summed E-state index contributed by atoms with van der Waals surface area (Å²) < 4.78 is 0. The Morgan fingerprint density at radius 3 is 2.64 bits per heavy atom. The van der Waals surface area contributed by atoms with Crippen LogP contribution < -0.4 is 15.1 Å². The molecule has 5 aliphatic rings. The minimum atomic E-state index is 0.0491. The van der Waals surface area contributed by atoms with Crippen LogP contribution in [0.1, 0.15) is 25.8 Å². The van der Waals surface area contributed by atoms with Crippen molar-refractivity contribution in [3.8, 4) is 0 Å². The zero-order valence-corrected chi connectivity index (χ0v) is 16.1. The summed E-state index contributed by atoms with van der Waals surface area (Å²) in [7, 11) is 0. The van der Waals surface area contributed by atoms with Gasteiger partial charge in [-0.2, -0.15) is 0 Å². The molecule has 4 atom stereocenters. The van der Waals surface area contributed by atoms with Gasteiger partial charge in [0, 0.05) is 34.6 Å². The highest BCUT2D eigenvalue weighted by atomic mass is 15.5. The van der Waals surface area contributed by atoms with Crippen molar-refractivity contribution in [2.24, 2.45) is 10.4 Å². The molecule has 3 aliphatic heterocycles. The molecule has 2 aromatic carbocycles. The predicted molar refractivity (Wildman–Crippen MR) is 112 cm³/mol. The van der Waals surface area contributed by atoms with Gasteiger partial charge in [0.2, 0.25) is 0 Å². The summed E-state index contributed by atoms with van der Waals surface area (Å²) in [6, 6.07) is 19.8. The van der Waals surface area contributed by atoms with Gasteiger partial charge in [-0.1, -0.05) is 61.4 Å². The third-order valence-corrected chi connectivity index (χ3v) is 7.95. The van der Waals surface area contributed by atoms with Crippen molar-refractivity contribution < 1.29 is 0 Å². The summed E-state index contributed by atoms with van der Waals surface area (Å²) in [6.07, 6.45) is 5.31. The molecule has 1 N–H and O–H groups in total. The number of amidine groups is 1. The first-order chi connectivity index (χ1) is 13.7. The van der Waals surface area contributed by atoms with E-state index >= 15 is 0 Å². The number of fused-ring (bicyclic) bond motifs is 10. The second kappa shape index (κ2) is 4.52. The van der Waals surface area contributed by atoms with E-state index in [-0.39, 0.29) is 23.2 Å². The Labute approximate surface area is 164 Å². The van der Waals surface area contributed by atoms with Gasteiger partial charge < -0.3 is 15.1 Å². The second-order valence-corrected chi connectivity index (χ2v) is 8.84. The molecule has 2 aromatic rings. The van der Waals surface area contributed by atoms with Crippen molar-refractivity contribution in [2.75, 3.05) is 9.80 Å². The van der Waals surface area contributed by atoms with Gasteiger partial charge >= 0.3 is 0 Å². The lowest BCUT2D eigenvalue weighted by molar-refractivity contribution is 0.170. The summed E-state index contributed by atoms with van der Waals surface area (Å²) in [5, 5.41) is 3.59. The monoisotopic (exact) mass is 366 g/mol. The molecule has 4 heteroatoms. The lowest BCUT2D eigenvalue weighted by Crippen LogP contribution is -2.65. The van der Waals surface area contributed by atoms with E-state index in [0.717, 1.165) is 5.84 Å². The smallest absolute Gasteiger partial charge is 0.161 e. The number of aliphatic imine (C=N–C) groups is 1. The first-order valence-electron chi connectivity index (χ1n) is 10.1. The number of hydrogen-bond donors (Lipinski definition) is 1. The van der Waals surface area contributed by atoms with Crippen LogP contribution in [0.25, 0.3) is 0 Å². The fourth-order valence-electron chi connectivity index (χ4n) is 6.49. The summed E-state index contributed by atoms with van der Waals surface area (Å²) >= 11 is 0. The summed E-state index contributed by atoms with van der Waals surface area (Å²) in [5.41, 5.74) is 7.52. The maximum Gasteiger partial charge on any atom is 0.161 e. The molecule has 28 heavy (non-hydrogen) atoms. The lowest BCUT2D eigenvalue weighted by Gasteiger charge is -2.60. The van der Waals surface area contributed by atoms with E-state index in [1.165, 1.54) is 23.4 Å². The molecule has 0 saturated carbocycles. The molecular weight excluding hydrogens is 344 g/mol. The molecule has 0 aromatic heterocycles. The molecule has 0 radical (unpaired) electrons. The first-order valence-corrected chi connectivity index (χ1v) is 10.1. The van der Waals surface area contributed by atoms with E-state index in [4.69, 9.17) is 4.99 Å². The molecule has 138 valence electrons. The quantitative estimate of drug-likeness (QED) is 0.770. The van der Waals surface area contributed by atoms with Crippen LogP contribution in [0.3, 0.4) is 0 Å². The minimum Gasteiger partial charge on any atom is -0.364 e. The fraction of sp³-hybridized carbons (Fsp3) is 0.292. The van der Waals surface area contributed by atoms with Crippen molar-refractivity contribution in [1.29, 1.82) is 0 Å². The van der Waals surface area contributed by atoms with Crippen LogP contribution in [-0.4, -0.2) is 18.2 Å². The van der Waals surface area contributed by atoms with E-state index in [0.29, 0.717) is 0 Å². The van der Waals surface area contributed by atoms with Crippen molar-refractivity contribution in [1.82, 2.24) is 5.32 Å². The molecule has 0 spiro atoms. The van der Waals surface area contributed by atoms with Gasteiger partial charge in [0.1, 0.15) is 6.17 Å². The number of nitrogens with one attached hydrogen (secondary N) is 1. The molecule has 4 unspecified atom stereocenters. The molecule has 1 saturated heterocycles. The van der Waals surface area contributed by atoms with Crippen molar-refractivity contribution in [3.63, 3.8) is 0 Å². The largest absolute Gasteiger partial charge is 0.364 e. The maximum absolute atomic E-state index is 4.87. The number of nitrogens with zero attached hydrogens (tertiary/aromatic N) is 3. The third-order valence-electron chi connectivity index (χ3n) is 7.95. The van der Waals surface area contributed by atoms with Crippen molar-refractivity contribution in [3.05, 3.63) is 83.7 Å². The van der Waals surface area contributed by atoms with E-state index < -0.39 is 0 Å². The van der Waals surface area contributed by atoms with Crippen LogP contribution >= 0.6 is 0 Å². The van der Waals surface area contributed by atoms with Gasteiger partial charge in [0.15, 0.2) is 12.0 Å².